The third kappa shape index (κ3) is 3.32. The lowest BCUT2D eigenvalue weighted by Crippen LogP contribution is -2.27. The second-order valence-electron chi connectivity index (χ2n) is 5.37. The predicted molar refractivity (Wildman–Crippen MR) is 83.6 cm³/mol. The average molecular weight is 298 g/mol. The highest BCUT2D eigenvalue weighted by Crippen LogP contribution is 2.26. The first-order valence-electron chi connectivity index (χ1n) is 7.37. The van der Waals surface area contributed by atoms with Gasteiger partial charge < -0.3 is 10.1 Å². The van der Waals surface area contributed by atoms with E-state index < -0.39 is 0 Å². The Balaban J connectivity index is 1.60. The lowest BCUT2D eigenvalue weighted by molar-refractivity contribution is -0.384. The van der Waals surface area contributed by atoms with Gasteiger partial charge in [0, 0.05) is 25.2 Å². The van der Waals surface area contributed by atoms with Crippen LogP contribution in [0.3, 0.4) is 0 Å². The second-order valence-corrected chi connectivity index (χ2v) is 5.37. The molecule has 0 unspecified atom stereocenters. The summed E-state index contributed by atoms with van der Waals surface area (Å²) in [4.78, 5) is 10.4. The molecule has 0 aliphatic carbocycles. The van der Waals surface area contributed by atoms with E-state index in [0.717, 1.165) is 18.6 Å². The molecular formula is C17H18N2O3. The van der Waals surface area contributed by atoms with Gasteiger partial charge in [0.2, 0.25) is 0 Å². The predicted octanol–water partition coefficient (Wildman–Crippen LogP) is 3.00. The van der Waals surface area contributed by atoms with E-state index in [0.29, 0.717) is 13.1 Å². The lowest BCUT2D eigenvalue weighted by atomic mass is 9.97. The maximum absolute atomic E-state index is 10.8. The molecule has 0 aromatic heterocycles. The van der Waals surface area contributed by atoms with Crippen molar-refractivity contribution in [2.75, 3.05) is 13.2 Å². The Kier molecular flexibility index (Phi) is 4.46. The molecule has 5 nitrogen and oxygen atoms in total. The quantitative estimate of drug-likeness (QED) is 0.681. The molecule has 0 saturated carbocycles. The number of nitrogens with zero attached hydrogens (tertiary/aromatic N) is 1. The van der Waals surface area contributed by atoms with E-state index in [1.807, 2.05) is 12.1 Å². The van der Waals surface area contributed by atoms with Crippen LogP contribution in [0.4, 0.5) is 5.69 Å². The number of nitrogens with one attached hydrogen (secondary N) is 1. The number of nitro groups is 1. The molecule has 1 atom stereocenters. The Morgan fingerprint density at radius 3 is 2.95 bits per heavy atom. The van der Waals surface area contributed by atoms with Crippen molar-refractivity contribution in [3.8, 4) is 0 Å². The zero-order valence-corrected chi connectivity index (χ0v) is 12.2. The van der Waals surface area contributed by atoms with Crippen LogP contribution in [-0.4, -0.2) is 18.1 Å². The monoisotopic (exact) mass is 298 g/mol. The van der Waals surface area contributed by atoms with Gasteiger partial charge in [0.25, 0.3) is 5.69 Å². The van der Waals surface area contributed by atoms with Gasteiger partial charge in [-0.1, -0.05) is 36.4 Å². The molecule has 0 fully saturated rings. The summed E-state index contributed by atoms with van der Waals surface area (Å²) < 4.78 is 5.83. The Morgan fingerprint density at radius 1 is 1.23 bits per heavy atom. The Morgan fingerprint density at radius 2 is 2.09 bits per heavy atom. The molecule has 1 aliphatic rings. The van der Waals surface area contributed by atoms with Gasteiger partial charge >= 0.3 is 0 Å². The van der Waals surface area contributed by atoms with E-state index in [9.17, 15) is 10.1 Å². The first-order chi connectivity index (χ1) is 10.7. The van der Waals surface area contributed by atoms with Crippen LogP contribution in [0.25, 0.3) is 0 Å². The summed E-state index contributed by atoms with van der Waals surface area (Å²) >= 11 is 0. The maximum atomic E-state index is 10.8. The molecule has 0 bridgehead atoms. The van der Waals surface area contributed by atoms with E-state index >= 15 is 0 Å². The Bertz CT molecular complexity index is 672. The van der Waals surface area contributed by atoms with Crippen LogP contribution in [0.1, 0.15) is 22.8 Å². The van der Waals surface area contributed by atoms with E-state index in [-0.39, 0.29) is 16.7 Å². The molecule has 2 aromatic carbocycles. The van der Waals surface area contributed by atoms with Crippen LogP contribution in [0.15, 0.2) is 48.5 Å². The van der Waals surface area contributed by atoms with Gasteiger partial charge in [0.1, 0.15) is 0 Å². The minimum absolute atomic E-state index is 0.0450. The average Bonchev–Trinajstić information content (AvgIpc) is 2.55. The SMILES string of the molecule is O=[N+]([O-])c1cccc(CNC[C@@H]2OCCc3ccccc32)c1. The number of hydrogen-bond acceptors (Lipinski definition) is 4. The van der Waals surface area contributed by atoms with E-state index in [1.54, 1.807) is 12.1 Å². The van der Waals surface area contributed by atoms with Crippen LogP contribution in [0.2, 0.25) is 0 Å². The Labute approximate surface area is 129 Å². The third-order valence-electron chi connectivity index (χ3n) is 3.87. The number of rotatable bonds is 5. The second kappa shape index (κ2) is 6.68. The van der Waals surface area contributed by atoms with Crippen molar-refractivity contribution in [3.05, 3.63) is 75.3 Å². The summed E-state index contributed by atoms with van der Waals surface area (Å²) in [6.45, 7) is 2.02. The fourth-order valence-corrected chi connectivity index (χ4v) is 2.77. The molecule has 5 heteroatoms. The van der Waals surface area contributed by atoms with Crippen molar-refractivity contribution < 1.29 is 9.66 Å². The van der Waals surface area contributed by atoms with Crippen molar-refractivity contribution in [1.29, 1.82) is 0 Å². The van der Waals surface area contributed by atoms with Crippen LogP contribution < -0.4 is 5.32 Å². The molecule has 1 aliphatic heterocycles. The standard InChI is InChI=1S/C17H18N2O3/c20-19(21)15-6-3-4-13(10-15)11-18-12-17-16-7-2-1-5-14(16)8-9-22-17/h1-7,10,17-18H,8-9,11-12H2/t17-/m0/s1. The summed E-state index contributed by atoms with van der Waals surface area (Å²) in [5.74, 6) is 0. The van der Waals surface area contributed by atoms with Crippen molar-refractivity contribution in [2.45, 2.75) is 19.1 Å². The van der Waals surface area contributed by atoms with Crippen molar-refractivity contribution in [3.63, 3.8) is 0 Å². The molecule has 22 heavy (non-hydrogen) atoms. The molecule has 114 valence electrons. The summed E-state index contributed by atoms with van der Waals surface area (Å²) in [5.41, 5.74) is 3.60. The van der Waals surface area contributed by atoms with Crippen molar-refractivity contribution in [2.24, 2.45) is 0 Å². The Hall–Kier alpha value is -2.24. The van der Waals surface area contributed by atoms with E-state index in [1.165, 1.54) is 17.2 Å². The topological polar surface area (TPSA) is 64.4 Å². The number of nitro benzene ring substituents is 1. The number of ether oxygens (including phenoxy) is 1. The van der Waals surface area contributed by atoms with Crippen LogP contribution >= 0.6 is 0 Å². The van der Waals surface area contributed by atoms with E-state index in [4.69, 9.17) is 4.74 Å². The molecule has 1 N–H and O–H groups in total. The minimum Gasteiger partial charge on any atom is -0.372 e. The summed E-state index contributed by atoms with van der Waals surface area (Å²) in [6.07, 6.45) is 1.00. The third-order valence-corrected chi connectivity index (χ3v) is 3.87. The van der Waals surface area contributed by atoms with Gasteiger partial charge in [0.05, 0.1) is 17.6 Å². The first-order valence-corrected chi connectivity index (χ1v) is 7.37. The molecule has 0 amide bonds. The molecule has 2 aromatic rings. The van der Waals surface area contributed by atoms with Crippen molar-refractivity contribution >= 4 is 5.69 Å². The zero-order valence-electron chi connectivity index (χ0n) is 12.2. The van der Waals surface area contributed by atoms with Gasteiger partial charge in [-0.3, -0.25) is 10.1 Å². The summed E-state index contributed by atoms with van der Waals surface area (Å²) in [7, 11) is 0. The summed E-state index contributed by atoms with van der Waals surface area (Å²) in [5, 5.41) is 14.1. The van der Waals surface area contributed by atoms with Gasteiger partial charge in [-0.05, 0) is 23.1 Å². The van der Waals surface area contributed by atoms with Gasteiger partial charge in [0.15, 0.2) is 0 Å². The van der Waals surface area contributed by atoms with Gasteiger partial charge in [-0.25, -0.2) is 0 Å². The largest absolute Gasteiger partial charge is 0.372 e. The summed E-state index contributed by atoms with van der Waals surface area (Å²) in [6, 6.07) is 15.0. The molecular weight excluding hydrogens is 280 g/mol. The normalized spacial score (nSPS) is 17.0. The number of fused-ring (bicyclic) bond motifs is 1. The maximum Gasteiger partial charge on any atom is 0.269 e. The van der Waals surface area contributed by atoms with Gasteiger partial charge in [-0.2, -0.15) is 0 Å². The highest BCUT2D eigenvalue weighted by Gasteiger charge is 2.19. The molecule has 0 radical (unpaired) electrons. The molecule has 3 rings (SSSR count). The highest BCUT2D eigenvalue weighted by atomic mass is 16.6. The number of hydrogen-bond donors (Lipinski definition) is 1. The van der Waals surface area contributed by atoms with Crippen LogP contribution in [0, 0.1) is 10.1 Å². The smallest absolute Gasteiger partial charge is 0.269 e. The van der Waals surface area contributed by atoms with Crippen molar-refractivity contribution in [1.82, 2.24) is 5.32 Å². The highest BCUT2D eigenvalue weighted by molar-refractivity contribution is 5.34. The zero-order chi connectivity index (χ0) is 15.4. The number of benzene rings is 2. The van der Waals surface area contributed by atoms with E-state index in [2.05, 4.69) is 23.5 Å². The molecule has 0 saturated heterocycles. The minimum atomic E-state index is -0.371. The van der Waals surface area contributed by atoms with Gasteiger partial charge in [-0.15, -0.1) is 0 Å². The molecule has 0 spiro atoms. The first kappa shape index (κ1) is 14.7. The fraction of sp³-hybridized carbons (Fsp3) is 0.294. The van der Waals surface area contributed by atoms with Crippen LogP contribution in [-0.2, 0) is 17.7 Å². The lowest BCUT2D eigenvalue weighted by Gasteiger charge is -2.26. The number of non-ortho nitro benzene ring substituents is 1. The molecule has 1 heterocycles. The fourth-order valence-electron chi connectivity index (χ4n) is 2.77. The van der Waals surface area contributed by atoms with Crippen LogP contribution in [0.5, 0.6) is 0 Å².